The Hall–Kier alpha value is -7.91. The molecule has 9 heterocycles. The molecule has 9 aromatic rings. The molecule has 0 atom stereocenters. The van der Waals surface area contributed by atoms with E-state index < -0.39 is 0 Å². The molecule has 10 heteroatoms. The first-order valence-electron chi connectivity index (χ1n) is 20.4. The number of aryl methyl sites for hydroxylation is 3. The van der Waals surface area contributed by atoms with Crippen molar-refractivity contribution in [3.05, 3.63) is 234 Å². The topological polar surface area (TPSA) is 116 Å². The molecular formula is C54H45FeN9+3. The van der Waals surface area contributed by atoms with Crippen molar-refractivity contribution in [2.45, 2.75) is 20.8 Å². The number of pyridine rings is 9. The van der Waals surface area contributed by atoms with E-state index in [9.17, 15) is 0 Å². The van der Waals surface area contributed by atoms with Crippen molar-refractivity contribution in [1.29, 1.82) is 0 Å². The zero-order chi connectivity index (χ0) is 43.5. The molecule has 0 unspecified atom stereocenters. The maximum Gasteiger partial charge on any atom is 3.00 e. The van der Waals surface area contributed by atoms with Gasteiger partial charge in [0.05, 0.1) is 34.2 Å². The van der Waals surface area contributed by atoms with Crippen LogP contribution in [0.15, 0.2) is 184 Å². The maximum atomic E-state index is 4.40. The van der Waals surface area contributed by atoms with Crippen molar-refractivity contribution >= 4 is 36.5 Å². The van der Waals surface area contributed by atoms with Gasteiger partial charge in [0.15, 0.2) is 0 Å². The van der Waals surface area contributed by atoms with Crippen molar-refractivity contribution in [2.24, 2.45) is 0 Å². The van der Waals surface area contributed by atoms with Crippen LogP contribution in [0, 0.1) is 20.8 Å². The average molecular weight is 876 g/mol. The first-order chi connectivity index (χ1) is 30.9. The van der Waals surface area contributed by atoms with Crippen LogP contribution < -0.4 is 0 Å². The minimum atomic E-state index is 0. The molecular weight excluding hydrogens is 831 g/mol. The molecule has 64 heavy (non-hydrogen) atoms. The monoisotopic (exact) mass is 875 g/mol. The molecule has 0 bridgehead atoms. The van der Waals surface area contributed by atoms with Crippen LogP contribution in [-0.2, 0) is 17.1 Å². The van der Waals surface area contributed by atoms with Gasteiger partial charge in [0, 0.05) is 74.4 Å². The fourth-order valence-electron chi connectivity index (χ4n) is 6.10. The smallest absolute Gasteiger partial charge is 0.265 e. The molecule has 0 aromatic carbocycles. The SMILES string of the molecule is Cc1ccnc(-c2cc(C=Cc3ccncc3)ccn2)c1.Cc1ccnc(-c2cc(C=Cc3ccncc3)ccn2)c1.Cc1ccnc(-c2cc(C=Cc3ccncc3)ccn2)c1.[Fe+3]. The normalized spacial score (nSPS) is 10.7. The van der Waals surface area contributed by atoms with Crippen molar-refractivity contribution in [3.63, 3.8) is 0 Å². The second-order valence-corrected chi connectivity index (χ2v) is 14.4. The van der Waals surface area contributed by atoms with Crippen LogP contribution >= 0.6 is 0 Å². The van der Waals surface area contributed by atoms with Gasteiger partial charge in [-0.1, -0.05) is 36.5 Å². The van der Waals surface area contributed by atoms with Crippen LogP contribution in [0.5, 0.6) is 0 Å². The molecule has 0 aliphatic carbocycles. The summed E-state index contributed by atoms with van der Waals surface area (Å²) >= 11 is 0. The van der Waals surface area contributed by atoms with Crippen LogP contribution in [0.1, 0.15) is 50.1 Å². The maximum absolute atomic E-state index is 4.40. The minimum Gasteiger partial charge on any atom is -0.265 e. The van der Waals surface area contributed by atoms with Gasteiger partial charge in [0.25, 0.3) is 0 Å². The Kier molecular flexibility index (Phi) is 17.0. The summed E-state index contributed by atoms with van der Waals surface area (Å²) in [6, 6.07) is 36.0. The quantitative estimate of drug-likeness (QED) is 0.131. The van der Waals surface area contributed by atoms with E-state index in [0.29, 0.717) is 0 Å². The number of rotatable bonds is 9. The van der Waals surface area contributed by atoms with E-state index in [4.69, 9.17) is 0 Å². The van der Waals surface area contributed by atoms with Crippen LogP contribution in [0.2, 0.25) is 0 Å². The second kappa shape index (κ2) is 23.9. The van der Waals surface area contributed by atoms with Crippen molar-refractivity contribution in [3.8, 4) is 34.2 Å². The molecule has 0 aliphatic rings. The third kappa shape index (κ3) is 14.3. The van der Waals surface area contributed by atoms with Gasteiger partial charge in [0.1, 0.15) is 0 Å². The zero-order valence-electron chi connectivity index (χ0n) is 35.7. The van der Waals surface area contributed by atoms with Gasteiger partial charge in [-0.3, -0.25) is 44.9 Å². The number of aromatic nitrogens is 9. The second-order valence-electron chi connectivity index (χ2n) is 14.4. The first kappa shape index (κ1) is 45.6. The predicted octanol–water partition coefficient (Wildman–Crippen LogP) is 12.0. The van der Waals surface area contributed by atoms with E-state index >= 15 is 0 Å². The summed E-state index contributed by atoms with van der Waals surface area (Å²) in [6.45, 7) is 6.16. The third-order valence-electron chi connectivity index (χ3n) is 9.41. The van der Waals surface area contributed by atoms with Gasteiger partial charge in [0.2, 0.25) is 0 Å². The molecule has 0 spiro atoms. The van der Waals surface area contributed by atoms with E-state index in [1.165, 1.54) is 16.7 Å². The molecule has 0 fully saturated rings. The van der Waals surface area contributed by atoms with Gasteiger partial charge >= 0.3 is 17.1 Å². The van der Waals surface area contributed by atoms with Crippen LogP contribution in [0.3, 0.4) is 0 Å². The standard InChI is InChI=1S/3C18H15N3.Fe/c3*1-14-4-10-20-17(12-14)18-13-16(7-11-21-18)3-2-15-5-8-19-9-6-15;/h3*2-13H,1H3;/q;;;+3. The summed E-state index contributed by atoms with van der Waals surface area (Å²) in [6.07, 6.45) is 34.0. The zero-order valence-corrected chi connectivity index (χ0v) is 36.8. The molecule has 9 rings (SSSR count). The Labute approximate surface area is 385 Å². The van der Waals surface area contributed by atoms with Gasteiger partial charge < -0.3 is 0 Å². The average Bonchev–Trinajstić information content (AvgIpc) is 3.34. The van der Waals surface area contributed by atoms with Gasteiger partial charge in [-0.15, -0.1) is 0 Å². The Morgan fingerprint density at radius 1 is 0.250 bits per heavy atom. The predicted molar refractivity (Wildman–Crippen MR) is 256 cm³/mol. The van der Waals surface area contributed by atoms with Crippen molar-refractivity contribution in [2.75, 3.05) is 0 Å². The van der Waals surface area contributed by atoms with E-state index in [0.717, 1.165) is 67.5 Å². The number of hydrogen-bond donors (Lipinski definition) is 0. The van der Waals surface area contributed by atoms with Crippen molar-refractivity contribution < 1.29 is 17.1 Å². The molecule has 0 saturated carbocycles. The van der Waals surface area contributed by atoms with Crippen molar-refractivity contribution in [1.82, 2.24) is 44.9 Å². The fraction of sp³-hybridized carbons (Fsp3) is 0.0556. The van der Waals surface area contributed by atoms with E-state index in [1.807, 2.05) is 146 Å². The summed E-state index contributed by atoms with van der Waals surface area (Å²) < 4.78 is 0. The molecule has 0 amide bonds. The summed E-state index contributed by atoms with van der Waals surface area (Å²) in [7, 11) is 0. The molecule has 311 valence electrons. The Morgan fingerprint density at radius 2 is 0.453 bits per heavy atom. The fourth-order valence-corrected chi connectivity index (χ4v) is 6.10. The van der Waals surface area contributed by atoms with Gasteiger partial charge in [-0.05, 0) is 180 Å². The summed E-state index contributed by atoms with van der Waals surface area (Å²) in [5.74, 6) is 0. The molecule has 9 aromatic heterocycles. The Balaban J connectivity index is 0.000000158. The number of hydrogen-bond acceptors (Lipinski definition) is 9. The van der Waals surface area contributed by atoms with Gasteiger partial charge in [-0.25, -0.2) is 0 Å². The Morgan fingerprint density at radius 3 is 0.703 bits per heavy atom. The summed E-state index contributed by atoms with van der Waals surface area (Å²) in [4.78, 5) is 38.4. The van der Waals surface area contributed by atoms with Crippen LogP contribution in [0.4, 0.5) is 0 Å². The van der Waals surface area contributed by atoms with Gasteiger partial charge in [-0.2, -0.15) is 0 Å². The van der Waals surface area contributed by atoms with E-state index in [-0.39, 0.29) is 17.1 Å². The summed E-state index contributed by atoms with van der Waals surface area (Å²) in [5, 5.41) is 0. The van der Waals surface area contributed by atoms with E-state index in [1.54, 1.807) is 37.2 Å². The van der Waals surface area contributed by atoms with E-state index in [2.05, 4.69) is 102 Å². The summed E-state index contributed by atoms with van der Waals surface area (Å²) in [5.41, 5.74) is 15.5. The van der Waals surface area contributed by atoms with Crippen LogP contribution in [0.25, 0.3) is 70.6 Å². The first-order valence-corrected chi connectivity index (χ1v) is 20.4. The molecule has 0 N–H and O–H groups in total. The largest absolute Gasteiger partial charge is 3.00 e. The molecule has 0 aliphatic heterocycles. The molecule has 0 saturated heterocycles. The minimum absolute atomic E-state index is 0. The van der Waals surface area contributed by atoms with Crippen LogP contribution in [-0.4, -0.2) is 44.9 Å². The molecule has 1 radical (unpaired) electrons. The molecule has 9 nitrogen and oxygen atoms in total. The Bertz CT molecular complexity index is 2620. The third-order valence-corrected chi connectivity index (χ3v) is 9.41. The number of nitrogens with zero attached hydrogens (tertiary/aromatic N) is 9.